The van der Waals surface area contributed by atoms with E-state index in [9.17, 15) is 29.1 Å². The van der Waals surface area contributed by atoms with Crippen LogP contribution in [0.5, 0.6) is 0 Å². The summed E-state index contributed by atoms with van der Waals surface area (Å²) in [7, 11) is 0. The summed E-state index contributed by atoms with van der Waals surface area (Å²) in [6.07, 6.45) is 3.14. The standard InChI is InChI=1S/C48H48N4O8/c53-26-25-52(29-32-13-3-1-4-14-32)44(54)28-35-17-5-2-6-22-42(51-48(58)60-30-41-39-20-11-9-18-37(39)38-19-10-12-21-40(38)41)47(57)59-31-43(50-45(35)55)46(56)49-36-24-23-33-15-7-8-16-34(33)27-36/h1-5,7-16,18-21,23-24,27,35,41-43,53H,6,17,22,25-26,28-31H2,(H,49,56)(H,50,55)(H,51,58). The Morgan fingerprint density at radius 1 is 0.817 bits per heavy atom. The highest BCUT2D eigenvalue weighted by atomic mass is 16.6. The highest BCUT2D eigenvalue weighted by Gasteiger charge is 2.33. The van der Waals surface area contributed by atoms with Crippen LogP contribution in [0.25, 0.3) is 21.9 Å². The minimum atomic E-state index is -1.36. The molecule has 0 fully saturated rings. The fourth-order valence-corrected chi connectivity index (χ4v) is 7.75. The molecule has 3 unspecified atom stereocenters. The van der Waals surface area contributed by atoms with Crippen molar-refractivity contribution >= 4 is 46.2 Å². The molecule has 0 aromatic heterocycles. The molecule has 308 valence electrons. The third-order valence-corrected chi connectivity index (χ3v) is 10.9. The summed E-state index contributed by atoms with van der Waals surface area (Å²) >= 11 is 0. The van der Waals surface area contributed by atoms with E-state index in [-0.39, 0.29) is 57.4 Å². The number of aliphatic hydroxyl groups excluding tert-OH is 1. The molecule has 4 N–H and O–H groups in total. The Bertz CT molecular complexity index is 2320. The second-order valence-electron chi connectivity index (χ2n) is 15.0. The van der Waals surface area contributed by atoms with Crippen LogP contribution in [0.1, 0.15) is 48.3 Å². The van der Waals surface area contributed by atoms with E-state index in [1.807, 2.05) is 109 Å². The maximum Gasteiger partial charge on any atom is 0.407 e. The van der Waals surface area contributed by atoms with E-state index in [0.29, 0.717) is 12.1 Å². The average Bonchev–Trinajstić information content (AvgIpc) is 3.59. The first-order valence-electron chi connectivity index (χ1n) is 20.2. The van der Waals surface area contributed by atoms with E-state index in [0.717, 1.165) is 38.6 Å². The van der Waals surface area contributed by atoms with Crippen molar-refractivity contribution in [3.63, 3.8) is 0 Å². The SMILES string of the molecule is O=C(NC1CCC=CCC(CC(=O)N(CCO)Cc2ccccc2)C(=O)NC(C(=O)Nc2ccc3ccccc3c2)COC1=O)OCC1c2ccccc2-c2ccccc21. The number of cyclic esters (lactones) is 1. The molecule has 3 atom stereocenters. The number of ether oxygens (including phenoxy) is 2. The van der Waals surface area contributed by atoms with Crippen molar-refractivity contribution in [2.24, 2.45) is 5.92 Å². The average molecular weight is 809 g/mol. The van der Waals surface area contributed by atoms with Crippen molar-refractivity contribution in [2.75, 3.05) is 31.7 Å². The normalized spacial score (nSPS) is 18.1. The van der Waals surface area contributed by atoms with E-state index in [1.54, 1.807) is 24.3 Å². The van der Waals surface area contributed by atoms with Crippen molar-refractivity contribution in [3.05, 3.63) is 150 Å². The number of nitrogens with one attached hydrogen (secondary N) is 3. The number of hydrogen-bond donors (Lipinski definition) is 4. The summed E-state index contributed by atoms with van der Waals surface area (Å²) in [6.45, 7) is -0.446. The Morgan fingerprint density at radius 2 is 1.50 bits per heavy atom. The molecule has 2 aliphatic rings. The number of nitrogens with zero attached hydrogens (tertiary/aromatic N) is 1. The van der Waals surface area contributed by atoms with Gasteiger partial charge in [0.25, 0.3) is 5.91 Å². The largest absolute Gasteiger partial charge is 0.461 e. The zero-order chi connectivity index (χ0) is 41.8. The maximum atomic E-state index is 14.0. The molecular formula is C48H48N4O8. The smallest absolute Gasteiger partial charge is 0.407 e. The van der Waals surface area contributed by atoms with Gasteiger partial charge in [-0.05, 0) is 70.0 Å². The predicted octanol–water partition coefficient (Wildman–Crippen LogP) is 6.48. The van der Waals surface area contributed by atoms with Crippen LogP contribution < -0.4 is 16.0 Å². The van der Waals surface area contributed by atoms with Gasteiger partial charge in [-0.25, -0.2) is 9.59 Å². The van der Waals surface area contributed by atoms with Crippen LogP contribution in [0.2, 0.25) is 0 Å². The summed E-state index contributed by atoms with van der Waals surface area (Å²) in [5.41, 5.74) is 5.59. The number of carbonyl (C=O) groups excluding carboxylic acids is 5. The van der Waals surface area contributed by atoms with Crippen molar-refractivity contribution in [1.29, 1.82) is 0 Å². The number of esters is 1. The molecule has 4 amide bonds. The number of carbonyl (C=O) groups is 5. The Balaban J connectivity index is 1.07. The van der Waals surface area contributed by atoms with Crippen LogP contribution in [0.3, 0.4) is 0 Å². The van der Waals surface area contributed by atoms with Gasteiger partial charge in [0, 0.05) is 31.1 Å². The van der Waals surface area contributed by atoms with E-state index >= 15 is 0 Å². The van der Waals surface area contributed by atoms with Crippen LogP contribution in [-0.4, -0.2) is 78.2 Å². The maximum absolute atomic E-state index is 14.0. The number of allylic oxidation sites excluding steroid dienone is 2. The lowest BCUT2D eigenvalue weighted by Gasteiger charge is -2.26. The van der Waals surface area contributed by atoms with Crippen LogP contribution in [0.4, 0.5) is 10.5 Å². The molecule has 1 aliphatic heterocycles. The summed E-state index contributed by atoms with van der Waals surface area (Å²) in [5.74, 6) is -3.46. The molecule has 7 rings (SSSR count). The number of aliphatic hydroxyl groups is 1. The van der Waals surface area contributed by atoms with Crippen LogP contribution in [0.15, 0.2) is 133 Å². The quantitative estimate of drug-likeness (QED) is 0.0871. The van der Waals surface area contributed by atoms with Gasteiger partial charge in [-0.2, -0.15) is 0 Å². The van der Waals surface area contributed by atoms with Crippen LogP contribution in [0, 0.1) is 5.92 Å². The third-order valence-electron chi connectivity index (χ3n) is 10.9. The number of fused-ring (bicyclic) bond motifs is 4. The summed E-state index contributed by atoms with van der Waals surface area (Å²) in [4.78, 5) is 70.1. The van der Waals surface area contributed by atoms with E-state index < -0.39 is 48.5 Å². The van der Waals surface area contributed by atoms with Gasteiger partial charge >= 0.3 is 12.1 Å². The first-order valence-corrected chi connectivity index (χ1v) is 20.2. The number of amides is 4. The molecule has 12 nitrogen and oxygen atoms in total. The van der Waals surface area contributed by atoms with Gasteiger partial charge in [0.1, 0.15) is 25.3 Å². The van der Waals surface area contributed by atoms with Gasteiger partial charge in [0.15, 0.2) is 0 Å². The molecule has 0 radical (unpaired) electrons. The molecule has 5 aromatic carbocycles. The summed E-state index contributed by atoms with van der Waals surface area (Å²) in [5, 5.41) is 19.9. The topological polar surface area (TPSA) is 163 Å². The minimum absolute atomic E-state index is 0.0474. The van der Waals surface area contributed by atoms with Crippen LogP contribution >= 0.6 is 0 Å². The molecule has 0 saturated heterocycles. The molecule has 1 heterocycles. The number of alkyl carbamates (subject to hydrolysis) is 1. The molecule has 0 saturated carbocycles. The molecule has 0 spiro atoms. The third kappa shape index (κ3) is 10.3. The second kappa shape index (κ2) is 19.8. The van der Waals surface area contributed by atoms with Gasteiger partial charge in [-0.1, -0.05) is 121 Å². The lowest BCUT2D eigenvalue weighted by molar-refractivity contribution is -0.148. The number of benzene rings is 5. The van der Waals surface area contributed by atoms with Crippen molar-refractivity contribution in [1.82, 2.24) is 15.5 Å². The fourth-order valence-electron chi connectivity index (χ4n) is 7.75. The van der Waals surface area contributed by atoms with E-state index in [4.69, 9.17) is 9.47 Å². The Morgan fingerprint density at radius 3 is 2.23 bits per heavy atom. The Kier molecular flexibility index (Phi) is 13.6. The van der Waals surface area contributed by atoms with E-state index in [1.165, 1.54) is 4.90 Å². The summed E-state index contributed by atoms with van der Waals surface area (Å²) < 4.78 is 11.4. The zero-order valence-electron chi connectivity index (χ0n) is 33.1. The zero-order valence-corrected chi connectivity index (χ0v) is 33.1. The van der Waals surface area contributed by atoms with Crippen molar-refractivity contribution in [2.45, 2.75) is 50.2 Å². The Hall–Kier alpha value is -6.79. The highest BCUT2D eigenvalue weighted by Crippen LogP contribution is 2.44. The lowest BCUT2D eigenvalue weighted by atomic mass is 9.97. The molecule has 5 aromatic rings. The molecule has 0 bridgehead atoms. The second-order valence-corrected chi connectivity index (χ2v) is 15.0. The van der Waals surface area contributed by atoms with Gasteiger partial charge in [0.2, 0.25) is 11.8 Å². The molecule has 60 heavy (non-hydrogen) atoms. The lowest BCUT2D eigenvalue weighted by Crippen LogP contribution is -2.50. The first-order chi connectivity index (χ1) is 29.3. The molecule has 1 aliphatic carbocycles. The number of hydrogen-bond acceptors (Lipinski definition) is 8. The number of rotatable bonds is 11. The monoisotopic (exact) mass is 808 g/mol. The van der Waals surface area contributed by atoms with Gasteiger partial charge in [-0.15, -0.1) is 0 Å². The summed E-state index contributed by atoms with van der Waals surface area (Å²) in [6, 6.07) is 35.8. The predicted molar refractivity (Wildman–Crippen MR) is 228 cm³/mol. The highest BCUT2D eigenvalue weighted by molar-refractivity contribution is 6.00. The molecular weight excluding hydrogens is 761 g/mol. The fraction of sp³-hybridized carbons (Fsp3) is 0.271. The van der Waals surface area contributed by atoms with Crippen LogP contribution in [-0.2, 0) is 35.2 Å². The first kappa shape index (κ1) is 41.4. The number of anilines is 1. The Labute approximate surface area is 348 Å². The van der Waals surface area contributed by atoms with Gasteiger partial charge in [-0.3, -0.25) is 14.4 Å². The van der Waals surface area contributed by atoms with Gasteiger partial charge < -0.3 is 35.4 Å². The van der Waals surface area contributed by atoms with Crippen molar-refractivity contribution < 1.29 is 38.6 Å². The van der Waals surface area contributed by atoms with E-state index in [2.05, 4.69) is 16.0 Å². The van der Waals surface area contributed by atoms with Gasteiger partial charge in [0.05, 0.1) is 12.5 Å². The minimum Gasteiger partial charge on any atom is -0.461 e. The van der Waals surface area contributed by atoms with Crippen molar-refractivity contribution in [3.8, 4) is 11.1 Å². The molecule has 12 heteroatoms.